The predicted octanol–water partition coefficient (Wildman–Crippen LogP) is 3.35. The van der Waals surface area contributed by atoms with Crippen molar-refractivity contribution in [2.75, 3.05) is 5.32 Å². The van der Waals surface area contributed by atoms with E-state index in [0.29, 0.717) is 15.2 Å². The number of aromatic nitrogens is 2. The summed E-state index contributed by atoms with van der Waals surface area (Å²) < 4.78 is 0. The lowest BCUT2D eigenvalue weighted by molar-refractivity contribution is -0.126. The summed E-state index contributed by atoms with van der Waals surface area (Å²) in [5.41, 5.74) is 0.834. The zero-order chi connectivity index (χ0) is 17.7. The van der Waals surface area contributed by atoms with Gasteiger partial charge < -0.3 is 5.32 Å². The third kappa shape index (κ3) is 4.75. The van der Waals surface area contributed by atoms with E-state index in [1.54, 1.807) is 12.1 Å². The Morgan fingerprint density at radius 3 is 2.71 bits per heavy atom. The third-order valence-corrected chi connectivity index (χ3v) is 4.70. The lowest BCUT2D eigenvalue weighted by atomic mass is 9.98. The van der Waals surface area contributed by atoms with Gasteiger partial charge >= 0.3 is 0 Å². The summed E-state index contributed by atoms with van der Waals surface area (Å²) in [6, 6.07) is 6.65. The van der Waals surface area contributed by atoms with Crippen LogP contribution in [-0.2, 0) is 9.59 Å². The Hall–Kier alpha value is -1.99. The molecular formula is C16H19ClN4O2S. The summed E-state index contributed by atoms with van der Waals surface area (Å²) in [6.45, 7) is 5.28. The molecule has 2 unspecified atom stereocenters. The first-order chi connectivity index (χ1) is 11.4. The van der Waals surface area contributed by atoms with Crippen molar-refractivity contribution in [2.24, 2.45) is 5.92 Å². The molecule has 24 heavy (non-hydrogen) atoms. The van der Waals surface area contributed by atoms with Gasteiger partial charge in [0.25, 0.3) is 0 Å². The molecule has 2 N–H and O–H groups in total. The first-order valence-electron chi connectivity index (χ1n) is 7.58. The normalized spacial score (nSPS) is 13.2. The Balaban J connectivity index is 2.12. The molecular weight excluding hydrogens is 348 g/mol. The average molecular weight is 367 g/mol. The van der Waals surface area contributed by atoms with Crippen molar-refractivity contribution >= 4 is 39.9 Å². The molecule has 2 atom stereocenters. The quantitative estimate of drug-likeness (QED) is 0.821. The SMILES string of the molecule is CCC(C)C(NC(C)=O)C(=O)Nc1nnc(-c2cccc(Cl)c2)s1. The van der Waals surface area contributed by atoms with E-state index in [1.807, 2.05) is 26.0 Å². The number of hydrogen-bond acceptors (Lipinski definition) is 5. The second-order valence-corrected chi connectivity index (χ2v) is 6.89. The standard InChI is InChI=1S/C16H19ClN4O2S/c1-4-9(2)13(18-10(3)22)14(23)19-16-21-20-15(24-16)11-6-5-7-12(17)8-11/h5-9,13H,4H2,1-3H3,(H,18,22)(H,19,21,23). The molecule has 0 spiro atoms. The summed E-state index contributed by atoms with van der Waals surface area (Å²) in [6.07, 6.45) is 0.766. The number of carbonyl (C=O) groups is 2. The van der Waals surface area contributed by atoms with Crippen LogP contribution >= 0.6 is 22.9 Å². The minimum absolute atomic E-state index is 0.00854. The number of rotatable bonds is 6. The largest absolute Gasteiger partial charge is 0.344 e. The van der Waals surface area contributed by atoms with Gasteiger partial charge in [0.2, 0.25) is 16.9 Å². The van der Waals surface area contributed by atoms with Crippen LogP contribution in [0, 0.1) is 5.92 Å². The second kappa shape index (κ2) is 8.21. The molecule has 0 aliphatic rings. The molecule has 0 aliphatic heterocycles. The van der Waals surface area contributed by atoms with Gasteiger partial charge in [0, 0.05) is 17.5 Å². The first-order valence-corrected chi connectivity index (χ1v) is 8.77. The van der Waals surface area contributed by atoms with Crippen molar-refractivity contribution in [1.29, 1.82) is 0 Å². The van der Waals surface area contributed by atoms with Gasteiger partial charge in [0.05, 0.1) is 0 Å². The number of hydrogen-bond donors (Lipinski definition) is 2. The van der Waals surface area contributed by atoms with Gasteiger partial charge in [-0.25, -0.2) is 0 Å². The Labute approximate surface area is 149 Å². The second-order valence-electron chi connectivity index (χ2n) is 5.48. The fourth-order valence-electron chi connectivity index (χ4n) is 2.12. The zero-order valence-corrected chi connectivity index (χ0v) is 15.2. The van der Waals surface area contributed by atoms with Crippen molar-refractivity contribution in [3.8, 4) is 10.6 Å². The highest BCUT2D eigenvalue weighted by molar-refractivity contribution is 7.18. The number of benzene rings is 1. The minimum Gasteiger partial charge on any atom is -0.344 e. The number of nitrogens with zero attached hydrogens (tertiary/aromatic N) is 2. The summed E-state index contributed by atoms with van der Waals surface area (Å²) in [7, 11) is 0. The lowest BCUT2D eigenvalue weighted by Gasteiger charge is -2.22. The molecule has 0 fully saturated rings. The number of nitrogens with one attached hydrogen (secondary N) is 2. The molecule has 0 radical (unpaired) electrons. The van der Waals surface area contributed by atoms with Crippen LogP contribution in [0.25, 0.3) is 10.6 Å². The third-order valence-electron chi connectivity index (χ3n) is 3.58. The van der Waals surface area contributed by atoms with E-state index < -0.39 is 6.04 Å². The Kier molecular flexibility index (Phi) is 6.28. The fraction of sp³-hybridized carbons (Fsp3) is 0.375. The van der Waals surface area contributed by atoms with Crippen molar-refractivity contribution in [3.05, 3.63) is 29.3 Å². The highest BCUT2D eigenvalue weighted by atomic mass is 35.5. The van der Waals surface area contributed by atoms with E-state index >= 15 is 0 Å². The Bertz CT molecular complexity index is 734. The number of halogens is 1. The molecule has 2 amide bonds. The van der Waals surface area contributed by atoms with Crippen LogP contribution in [0.1, 0.15) is 27.2 Å². The maximum absolute atomic E-state index is 12.4. The summed E-state index contributed by atoms with van der Waals surface area (Å²) >= 11 is 7.23. The van der Waals surface area contributed by atoms with Crippen LogP contribution in [0.5, 0.6) is 0 Å². The van der Waals surface area contributed by atoms with Crippen LogP contribution in [0.3, 0.4) is 0 Å². The molecule has 1 aromatic carbocycles. The molecule has 6 nitrogen and oxygen atoms in total. The first kappa shape index (κ1) is 18.4. The maximum Gasteiger partial charge on any atom is 0.249 e. The van der Waals surface area contributed by atoms with Gasteiger partial charge in [-0.05, 0) is 18.1 Å². The van der Waals surface area contributed by atoms with E-state index in [2.05, 4.69) is 20.8 Å². The van der Waals surface area contributed by atoms with E-state index in [-0.39, 0.29) is 17.7 Å². The number of anilines is 1. The highest BCUT2D eigenvalue weighted by Crippen LogP contribution is 2.28. The van der Waals surface area contributed by atoms with Gasteiger partial charge in [-0.1, -0.05) is 55.3 Å². The van der Waals surface area contributed by atoms with Crippen molar-refractivity contribution in [1.82, 2.24) is 15.5 Å². The average Bonchev–Trinajstić information content (AvgIpc) is 3.00. The van der Waals surface area contributed by atoms with Crippen LogP contribution in [-0.4, -0.2) is 28.1 Å². The molecule has 128 valence electrons. The van der Waals surface area contributed by atoms with Gasteiger partial charge in [0.1, 0.15) is 11.0 Å². The summed E-state index contributed by atoms with van der Waals surface area (Å²) in [4.78, 5) is 23.8. The van der Waals surface area contributed by atoms with Crippen molar-refractivity contribution in [3.63, 3.8) is 0 Å². The van der Waals surface area contributed by atoms with Crippen molar-refractivity contribution in [2.45, 2.75) is 33.2 Å². The fourth-order valence-corrected chi connectivity index (χ4v) is 3.05. The molecule has 2 aromatic rings. The molecule has 1 aromatic heterocycles. The van der Waals surface area contributed by atoms with Crippen LogP contribution < -0.4 is 10.6 Å². The summed E-state index contributed by atoms with van der Waals surface area (Å²) in [5, 5.41) is 15.1. The zero-order valence-electron chi connectivity index (χ0n) is 13.7. The molecule has 0 aliphatic carbocycles. The minimum atomic E-state index is -0.606. The molecule has 0 bridgehead atoms. The van der Waals surface area contributed by atoms with Crippen molar-refractivity contribution < 1.29 is 9.59 Å². The van der Waals surface area contributed by atoms with E-state index in [9.17, 15) is 9.59 Å². The highest BCUT2D eigenvalue weighted by Gasteiger charge is 2.25. The molecule has 0 saturated carbocycles. The molecule has 8 heteroatoms. The smallest absolute Gasteiger partial charge is 0.249 e. The Morgan fingerprint density at radius 1 is 1.33 bits per heavy atom. The lowest BCUT2D eigenvalue weighted by Crippen LogP contribution is -2.46. The van der Waals surface area contributed by atoms with Gasteiger partial charge in [0.15, 0.2) is 0 Å². The van der Waals surface area contributed by atoms with Crippen LogP contribution in [0.2, 0.25) is 5.02 Å². The summed E-state index contributed by atoms with van der Waals surface area (Å²) in [5.74, 6) is -0.533. The van der Waals surface area contributed by atoms with Crippen LogP contribution in [0.15, 0.2) is 24.3 Å². The Morgan fingerprint density at radius 2 is 2.08 bits per heavy atom. The monoisotopic (exact) mass is 366 g/mol. The topological polar surface area (TPSA) is 84.0 Å². The predicted molar refractivity (Wildman–Crippen MR) is 96.0 cm³/mol. The molecule has 2 rings (SSSR count). The number of carbonyl (C=O) groups excluding carboxylic acids is 2. The number of amides is 2. The van der Waals surface area contributed by atoms with E-state index in [0.717, 1.165) is 12.0 Å². The maximum atomic E-state index is 12.4. The van der Waals surface area contributed by atoms with Crippen LogP contribution in [0.4, 0.5) is 5.13 Å². The van der Waals surface area contributed by atoms with E-state index in [4.69, 9.17) is 11.6 Å². The van der Waals surface area contributed by atoms with Gasteiger partial charge in [-0.2, -0.15) is 0 Å². The molecule has 1 heterocycles. The van der Waals surface area contributed by atoms with Gasteiger partial charge in [-0.15, -0.1) is 10.2 Å². The van der Waals surface area contributed by atoms with Gasteiger partial charge in [-0.3, -0.25) is 14.9 Å². The van der Waals surface area contributed by atoms with E-state index in [1.165, 1.54) is 18.3 Å². The molecule has 0 saturated heterocycles.